The summed E-state index contributed by atoms with van der Waals surface area (Å²) in [6.45, 7) is 2.81. The van der Waals surface area contributed by atoms with E-state index in [0.29, 0.717) is 20.6 Å². The van der Waals surface area contributed by atoms with Crippen LogP contribution in [0.5, 0.6) is 0 Å². The summed E-state index contributed by atoms with van der Waals surface area (Å²) in [4.78, 5) is 28.1. The highest BCUT2D eigenvalue weighted by Gasteiger charge is 2.32. The minimum atomic E-state index is -3.86. The van der Waals surface area contributed by atoms with Crippen molar-refractivity contribution >= 4 is 62.3 Å². The van der Waals surface area contributed by atoms with E-state index in [1.807, 2.05) is 0 Å². The van der Waals surface area contributed by atoms with Gasteiger partial charge in [0.25, 0.3) is 0 Å². The molecule has 0 heterocycles. The lowest BCUT2D eigenvalue weighted by Gasteiger charge is -2.32. The van der Waals surface area contributed by atoms with Gasteiger partial charge in [0.1, 0.15) is 12.6 Å². The number of aryl methyl sites for hydroxylation is 1. The summed E-state index contributed by atoms with van der Waals surface area (Å²) in [7, 11) is -3.86. The topological polar surface area (TPSA) is 86.8 Å². The van der Waals surface area contributed by atoms with Crippen LogP contribution in [0, 0.1) is 6.92 Å². The van der Waals surface area contributed by atoms with Gasteiger partial charge in [0.2, 0.25) is 21.8 Å². The summed E-state index contributed by atoms with van der Waals surface area (Å²) in [5, 5.41) is 4.07. The van der Waals surface area contributed by atoms with Gasteiger partial charge in [0.15, 0.2) is 0 Å². The van der Waals surface area contributed by atoms with Gasteiger partial charge in [-0.3, -0.25) is 13.9 Å². The van der Waals surface area contributed by atoms with E-state index in [2.05, 4.69) is 5.32 Å². The van der Waals surface area contributed by atoms with Crippen molar-refractivity contribution in [3.8, 4) is 0 Å². The number of nitrogens with one attached hydrogen (secondary N) is 1. The third-order valence-corrected chi connectivity index (χ3v) is 8.64. The van der Waals surface area contributed by atoms with Crippen molar-refractivity contribution in [2.45, 2.75) is 58.2 Å². The molecule has 2 aromatic rings. The molecule has 1 fully saturated rings. The highest BCUT2D eigenvalue weighted by Crippen LogP contribution is 2.28. The molecule has 11 heteroatoms. The van der Waals surface area contributed by atoms with Crippen LogP contribution in [-0.4, -0.2) is 50.0 Å². The van der Waals surface area contributed by atoms with Gasteiger partial charge in [-0.1, -0.05) is 59.8 Å². The second-order valence-corrected chi connectivity index (χ2v) is 12.2. The van der Waals surface area contributed by atoms with Gasteiger partial charge < -0.3 is 10.2 Å². The Hall–Kier alpha value is -2.00. The fraction of sp³-hybridized carbons (Fsp3) is 0.440. The molecule has 0 aromatic heterocycles. The molecule has 0 spiro atoms. The van der Waals surface area contributed by atoms with Gasteiger partial charge in [-0.05, 0) is 56.5 Å². The fourth-order valence-electron chi connectivity index (χ4n) is 4.18. The van der Waals surface area contributed by atoms with E-state index in [4.69, 9.17) is 34.8 Å². The lowest BCUT2D eigenvalue weighted by Crippen LogP contribution is -2.52. The molecule has 1 N–H and O–H groups in total. The molecule has 0 unspecified atom stereocenters. The summed E-state index contributed by atoms with van der Waals surface area (Å²) in [6.07, 6.45) is 4.87. The number of nitrogens with zero attached hydrogens (tertiary/aromatic N) is 2. The maximum atomic E-state index is 13.7. The molecule has 1 aliphatic carbocycles. The summed E-state index contributed by atoms with van der Waals surface area (Å²) >= 11 is 18.9. The van der Waals surface area contributed by atoms with E-state index in [-0.39, 0.29) is 24.2 Å². The number of hydrogen-bond acceptors (Lipinski definition) is 4. The molecule has 196 valence electrons. The molecule has 36 heavy (non-hydrogen) atoms. The molecule has 2 aromatic carbocycles. The van der Waals surface area contributed by atoms with Crippen LogP contribution in [0.15, 0.2) is 36.4 Å². The standard InChI is InChI=1S/C25H30Cl3N3O4S/c1-16-11-12-19(13-23(16)28)31(36(3,34)35)15-24(32)30(14-20-21(26)9-6-10-22(20)27)17(2)25(33)29-18-7-4-5-8-18/h6,9-13,17-18H,4-5,7-8,14-15H2,1-3H3,(H,29,33)/t17-/m0/s1. The maximum absolute atomic E-state index is 13.7. The number of anilines is 1. The summed E-state index contributed by atoms with van der Waals surface area (Å²) in [5.41, 5.74) is 1.49. The fourth-order valence-corrected chi connectivity index (χ4v) is 5.71. The monoisotopic (exact) mass is 573 g/mol. The Morgan fingerprint density at radius 1 is 1.06 bits per heavy atom. The normalized spacial score (nSPS) is 14.9. The van der Waals surface area contributed by atoms with Crippen LogP contribution in [0.2, 0.25) is 15.1 Å². The van der Waals surface area contributed by atoms with Crippen LogP contribution in [-0.2, 0) is 26.2 Å². The maximum Gasteiger partial charge on any atom is 0.244 e. The average Bonchev–Trinajstić information content (AvgIpc) is 3.31. The predicted octanol–water partition coefficient (Wildman–Crippen LogP) is 5.20. The molecule has 7 nitrogen and oxygen atoms in total. The first-order valence-corrected chi connectivity index (χ1v) is 14.6. The van der Waals surface area contributed by atoms with Crippen LogP contribution in [0.1, 0.15) is 43.7 Å². The lowest BCUT2D eigenvalue weighted by molar-refractivity contribution is -0.139. The molecular formula is C25H30Cl3N3O4S. The summed E-state index contributed by atoms with van der Waals surface area (Å²) in [5.74, 6) is -0.898. The third-order valence-electron chi connectivity index (χ3n) is 6.38. The number of rotatable bonds is 9. The molecule has 3 rings (SSSR count). The van der Waals surface area contributed by atoms with Crippen LogP contribution >= 0.6 is 34.8 Å². The SMILES string of the molecule is Cc1ccc(N(CC(=O)N(Cc2c(Cl)cccc2Cl)[C@@H](C)C(=O)NC2CCCC2)S(C)(=O)=O)cc1Cl. The van der Waals surface area contributed by atoms with Gasteiger partial charge in [-0.25, -0.2) is 8.42 Å². The van der Waals surface area contributed by atoms with Gasteiger partial charge >= 0.3 is 0 Å². The van der Waals surface area contributed by atoms with Crippen molar-refractivity contribution in [2.24, 2.45) is 0 Å². The quantitative estimate of drug-likeness (QED) is 0.446. The Morgan fingerprint density at radius 3 is 2.22 bits per heavy atom. The average molecular weight is 575 g/mol. The zero-order chi connectivity index (χ0) is 26.6. The molecule has 1 saturated carbocycles. The first kappa shape index (κ1) is 28.6. The number of benzene rings is 2. The van der Waals surface area contributed by atoms with Crippen molar-refractivity contribution in [2.75, 3.05) is 17.1 Å². The van der Waals surface area contributed by atoms with Gasteiger partial charge in [0, 0.05) is 33.2 Å². The zero-order valence-corrected chi connectivity index (χ0v) is 23.5. The number of carbonyl (C=O) groups is 2. The molecule has 0 saturated heterocycles. The number of amides is 2. The van der Waals surface area contributed by atoms with Gasteiger partial charge in [0.05, 0.1) is 11.9 Å². The number of carbonyl (C=O) groups excluding carboxylic acids is 2. The largest absolute Gasteiger partial charge is 0.352 e. The number of sulfonamides is 1. The minimum absolute atomic E-state index is 0.0584. The van der Waals surface area contributed by atoms with E-state index >= 15 is 0 Å². The smallest absolute Gasteiger partial charge is 0.244 e. The highest BCUT2D eigenvalue weighted by atomic mass is 35.5. The van der Waals surface area contributed by atoms with E-state index in [9.17, 15) is 18.0 Å². The Balaban J connectivity index is 1.94. The highest BCUT2D eigenvalue weighted by molar-refractivity contribution is 7.92. The van der Waals surface area contributed by atoms with Crippen molar-refractivity contribution in [1.82, 2.24) is 10.2 Å². The molecule has 1 aliphatic rings. The number of halogens is 3. The second-order valence-electron chi connectivity index (χ2n) is 9.09. The van der Waals surface area contributed by atoms with E-state index in [1.165, 1.54) is 11.0 Å². The summed E-state index contributed by atoms with van der Waals surface area (Å²) in [6, 6.07) is 8.90. The van der Waals surface area contributed by atoms with Gasteiger partial charge in [-0.2, -0.15) is 0 Å². The molecule has 0 radical (unpaired) electrons. The second kappa shape index (κ2) is 12.0. The van der Waals surface area contributed by atoms with Crippen molar-refractivity contribution in [1.29, 1.82) is 0 Å². The number of hydrogen-bond donors (Lipinski definition) is 1. The third kappa shape index (κ3) is 7.06. The predicted molar refractivity (Wildman–Crippen MR) is 145 cm³/mol. The molecule has 0 aliphatic heterocycles. The lowest BCUT2D eigenvalue weighted by atomic mass is 10.1. The van der Waals surface area contributed by atoms with Crippen molar-refractivity contribution in [3.05, 3.63) is 62.6 Å². The van der Waals surface area contributed by atoms with Crippen LogP contribution in [0.25, 0.3) is 0 Å². The first-order chi connectivity index (χ1) is 16.9. The van der Waals surface area contributed by atoms with Crippen LogP contribution in [0.4, 0.5) is 5.69 Å². The van der Waals surface area contributed by atoms with Crippen LogP contribution in [0.3, 0.4) is 0 Å². The Morgan fingerprint density at radius 2 is 1.67 bits per heavy atom. The van der Waals surface area contributed by atoms with Crippen molar-refractivity contribution in [3.63, 3.8) is 0 Å². The molecular weight excluding hydrogens is 545 g/mol. The Kier molecular flexibility index (Phi) is 9.55. The molecule has 0 bridgehead atoms. The van der Waals surface area contributed by atoms with E-state index in [0.717, 1.165) is 41.8 Å². The van der Waals surface area contributed by atoms with E-state index < -0.39 is 28.5 Å². The summed E-state index contributed by atoms with van der Waals surface area (Å²) < 4.78 is 26.3. The van der Waals surface area contributed by atoms with E-state index in [1.54, 1.807) is 44.2 Å². The Labute approximate surface area is 227 Å². The van der Waals surface area contributed by atoms with Crippen LogP contribution < -0.4 is 9.62 Å². The first-order valence-electron chi connectivity index (χ1n) is 11.6. The van der Waals surface area contributed by atoms with Crippen molar-refractivity contribution < 1.29 is 18.0 Å². The Bertz CT molecular complexity index is 1210. The molecule has 1 atom stereocenters. The zero-order valence-electron chi connectivity index (χ0n) is 20.4. The minimum Gasteiger partial charge on any atom is -0.352 e. The van der Waals surface area contributed by atoms with Gasteiger partial charge in [-0.15, -0.1) is 0 Å². The molecule has 2 amide bonds.